The van der Waals surface area contributed by atoms with E-state index in [1.165, 1.54) is 10.7 Å². The number of hydrogen-bond donors (Lipinski definition) is 2. The van der Waals surface area contributed by atoms with Gasteiger partial charge in [-0.05, 0) is 19.1 Å². The summed E-state index contributed by atoms with van der Waals surface area (Å²) in [5, 5.41) is 16.6. The molecule has 108 valence electrons. The molecule has 3 rings (SSSR count). The monoisotopic (exact) mass is 288 g/mol. The normalized spacial score (nSPS) is 17.8. The van der Waals surface area contributed by atoms with E-state index < -0.39 is 18.0 Å². The Morgan fingerprint density at radius 3 is 2.81 bits per heavy atom. The molecule has 2 heterocycles. The molecule has 0 aliphatic carbocycles. The van der Waals surface area contributed by atoms with Crippen LogP contribution >= 0.6 is 0 Å². The van der Waals surface area contributed by atoms with Crippen molar-refractivity contribution in [3.63, 3.8) is 0 Å². The maximum atomic E-state index is 14.1. The van der Waals surface area contributed by atoms with Gasteiger partial charge in [0.15, 0.2) is 0 Å². The van der Waals surface area contributed by atoms with Crippen LogP contribution in [-0.4, -0.2) is 32.7 Å². The Morgan fingerprint density at radius 1 is 1.38 bits per heavy atom. The molecule has 0 spiro atoms. The van der Waals surface area contributed by atoms with Gasteiger partial charge in [0.1, 0.15) is 11.6 Å². The lowest BCUT2D eigenvalue weighted by Crippen LogP contribution is -2.26. The summed E-state index contributed by atoms with van der Waals surface area (Å²) in [7, 11) is 1.66. The number of nitrogens with zero attached hydrogens (tertiary/aromatic N) is 3. The van der Waals surface area contributed by atoms with Crippen molar-refractivity contribution in [2.45, 2.75) is 13.2 Å². The first-order valence-electron chi connectivity index (χ1n) is 6.34. The number of aliphatic hydroxyl groups is 1. The van der Waals surface area contributed by atoms with E-state index in [4.69, 9.17) is 0 Å². The Hall–Kier alpha value is -2.54. The van der Waals surface area contributed by atoms with Crippen LogP contribution in [0.5, 0.6) is 0 Å². The fraction of sp³-hybridized carbons (Fsp3) is 0.214. The predicted molar refractivity (Wildman–Crippen MR) is 74.6 cm³/mol. The summed E-state index contributed by atoms with van der Waals surface area (Å²) >= 11 is 0. The van der Waals surface area contributed by atoms with Gasteiger partial charge in [-0.2, -0.15) is 5.10 Å². The molecule has 2 aromatic rings. The highest BCUT2D eigenvalue weighted by Crippen LogP contribution is 2.27. The molecule has 1 aliphatic rings. The van der Waals surface area contributed by atoms with Crippen LogP contribution in [0.15, 0.2) is 29.3 Å². The highest BCUT2D eigenvalue weighted by molar-refractivity contribution is 6.19. The maximum absolute atomic E-state index is 14.1. The van der Waals surface area contributed by atoms with Crippen molar-refractivity contribution in [2.24, 2.45) is 12.0 Å². The zero-order valence-corrected chi connectivity index (χ0v) is 11.5. The Labute approximate surface area is 119 Å². The second-order valence-electron chi connectivity index (χ2n) is 4.75. The van der Waals surface area contributed by atoms with Gasteiger partial charge in [-0.3, -0.25) is 9.48 Å². The minimum Gasteiger partial charge on any atom is -0.364 e. The van der Waals surface area contributed by atoms with Crippen LogP contribution in [0.1, 0.15) is 16.8 Å². The number of aliphatic hydroxyl groups excluding tert-OH is 1. The third kappa shape index (κ3) is 2.11. The number of anilines is 1. The largest absolute Gasteiger partial charge is 0.364 e. The molecule has 0 saturated carbocycles. The number of aromatic nitrogens is 2. The van der Waals surface area contributed by atoms with E-state index >= 15 is 0 Å². The summed E-state index contributed by atoms with van der Waals surface area (Å²) in [4.78, 5) is 15.8. The molecule has 0 fully saturated rings. The van der Waals surface area contributed by atoms with Crippen molar-refractivity contribution in [1.29, 1.82) is 0 Å². The Bertz CT molecular complexity index is 766. The van der Waals surface area contributed by atoms with Gasteiger partial charge >= 0.3 is 0 Å². The molecule has 0 bridgehead atoms. The van der Waals surface area contributed by atoms with E-state index in [1.54, 1.807) is 32.2 Å². The van der Waals surface area contributed by atoms with Crippen LogP contribution in [0.2, 0.25) is 0 Å². The van der Waals surface area contributed by atoms with Gasteiger partial charge in [-0.25, -0.2) is 9.38 Å². The number of carbonyl (C=O) groups is 1. The summed E-state index contributed by atoms with van der Waals surface area (Å²) in [6.45, 7) is 1.74. The van der Waals surface area contributed by atoms with Gasteiger partial charge < -0.3 is 10.4 Å². The van der Waals surface area contributed by atoms with Crippen molar-refractivity contribution in [2.75, 3.05) is 5.32 Å². The molecular formula is C14H13FN4O2. The summed E-state index contributed by atoms with van der Waals surface area (Å²) < 4.78 is 15.5. The molecule has 21 heavy (non-hydrogen) atoms. The topological polar surface area (TPSA) is 79.5 Å². The molecule has 1 atom stereocenters. The average Bonchev–Trinajstić information content (AvgIpc) is 2.63. The highest BCUT2D eigenvalue weighted by atomic mass is 19.1. The van der Waals surface area contributed by atoms with Crippen LogP contribution in [-0.2, 0) is 11.8 Å². The minimum atomic E-state index is -1.59. The van der Waals surface area contributed by atoms with E-state index in [1.807, 2.05) is 0 Å². The quantitative estimate of drug-likeness (QED) is 0.821. The SMILES string of the molecule is Cc1nn(C)c2c1C(c1ccccc1F)=N[C@H](O)C(=O)N2. The number of halogens is 1. The smallest absolute Gasteiger partial charge is 0.277 e. The summed E-state index contributed by atoms with van der Waals surface area (Å²) in [6, 6.07) is 6.08. The Balaban J connectivity index is 2.30. The molecule has 0 unspecified atom stereocenters. The van der Waals surface area contributed by atoms with E-state index in [2.05, 4.69) is 15.4 Å². The van der Waals surface area contributed by atoms with Gasteiger partial charge in [0.05, 0.1) is 17.0 Å². The Kier molecular flexibility index (Phi) is 3.06. The van der Waals surface area contributed by atoms with Gasteiger partial charge in [0.2, 0.25) is 6.23 Å². The number of fused-ring (bicyclic) bond motifs is 1. The second kappa shape index (κ2) is 4.78. The number of carbonyl (C=O) groups excluding carboxylic acids is 1. The number of hydrogen-bond acceptors (Lipinski definition) is 4. The lowest BCUT2D eigenvalue weighted by Gasteiger charge is -2.07. The first-order valence-corrected chi connectivity index (χ1v) is 6.34. The van der Waals surface area contributed by atoms with Gasteiger partial charge in [-0.15, -0.1) is 0 Å². The highest BCUT2D eigenvalue weighted by Gasteiger charge is 2.29. The number of aliphatic imine (C=N–C) groups is 1. The molecule has 0 saturated heterocycles. The Morgan fingerprint density at radius 2 is 2.10 bits per heavy atom. The van der Waals surface area contributed by atoms with Crippen molar-refractivity contribution < 1.29 is 14.3 Å². The van der Waals surface area contributed by atoms with E-state index in [0.717, 1.165) is 0 Å². The summed E-state index contributed by atoms with van der Waals surface area (Å²) in [5.41, 5.74) is 1.52. The molecule has 0 radical (unpaired) electrons. The fourth-order valence-electron chi connectivity index (χ4n) is 2.37. The van der Waals surface area contributed by atoms with Crippen LogP contribution < -0.4 is 5.32 Å². The van der Waals surface area contributed by atoms with Crippen LogP contribution in [0.3, 0.4) is 0 Å². The third-order valence-corrected chi connectivity index (χ3v) is 3.32. The van der Waals surface area contributed by atoms with Gasteiger partial charge in [0, 0.05) is 12.6 Å². The lowest BCUT2D eigenvalue weighted by atomic mass is 10.0. The van der Waals surface area contributed by atoms with E-state index in [0.29, 0.717) is 17.1 Å². The standard InChI is InChI=1S/C14H13FN4O2/c1-7-10-11(8-5-3-4-6-9(8)15)16-13(20)14(21)17-12(10)19(2)18-7/h3-6,13,20H,1-2H3,(H,17,21)/t13-/m1/s1. The molecule has 1 aromatic heterocycles. The molecule has 6 nitrogen and oxygen atoms in total. The molecule has 1 aromatic carbocycles. The van der Waals surface area contributed by atoms with E-state index in [9.17, 15) is 14.3 Å². The number of aryl methyl sites for hydroxylation is 2. The maximum Gasteiger partial charge on any atom is 0.277 e. The van der Waals surface area contributed by atoms with Crippen molar-refractivity contribution in [3.8, 4) is 0 Å². The average molecular weight is 288 g/mol. The molecule has 1 amide bonds. The van der Waals surface area contributed by atoms with E-state index in [-0.39, 0.29) is 11.3 Å². The van der Waals surface area contributed by atoms with Crippen molar-refractivity contribution in [3.05, 3.63) is 46.9 Å². The van der Waals surface area contributed by atoms with Gasteiger partial charge in [-0.1, -0.05) is 12.1 Å². The number of benzene rings is 1. The van der Waals surface area contributed by atoms with Crippen LogP contribution in [0.4, 0.5) is 10.2 Å². The zero-order chi connectivity index (χ0) is 15.1. The molecular weight excluding hydrogens is 275 g/mol. The van der Waals surface area contributed by atoms with Crippen molar-refractivity contribution >= 4 is 17.4 Å². The number of rotatable bonds is 1. The molecule has 7 heteroatoms. The zero-order valence-electron chi connectivity index (χ0n) is 11.5. The minimum absolute atomic E-state index is 0.208. The lowest BCUT2D eigenvalue weighted by molar-refractivity contribution is -0.123. The number of amides is 1. The van der Waals surface area contributed by atoms with Gasteiger partial charge in [0.25, 0.3) is 5.91 Å². The molecule has 1 aliphatic heterocycles. The fourth-order valence-corrected chi connectivity index (χ4v) is 2.37. The third-order valence-electron chi connectivity index (χ3n) is 3.32. The van der Waals surface area contributed by atoms with Crippen LogP contribution in [0, 0.1) is 12.7 Å². The summed E-state index contributed by atoms with van der Waals surface area (Å²) in [6.07, 6.45) is -1.59. The second-order valence-corrected chi connectivity index (χ2v) is 4.75. The van der Waals surface area contributed by atoms with Crippen molar-refractivity contribution in [1.82, 2.24) is 9.78 Å². The predicted octanol–water partition coefficient (Wildman–Crippen LogP) is 0.976. The summed E-state index contributed by atoms with van der Waals surface area (Å²) in [5.74, 6) is -0.770. The number of nitrogens with one attached hydrogen (secondary N) is 1. The van der Waals surface area contributed by atoms with Crippen LogP contribution in [0.25, 0.3) is 0 Å². The molecule has 2 N–H and O–H groups in total. The first-order chi connectivity index (χ1) is 9.99. The first kappa shape index (κ1) is 13.4.